The third-order valence-corrected chi connectivity index (χ3v) is 7.41. The van der Waals surface area contributed by atoms with Crippen molar-refractivity contribution in [2.24, 2.45) is 0 Å². The first-order chi connectivity index (χ1) is 17.1. The quantitative estimate of drug-likeness (QED) is 0.317. The highest BCUT2D eigenvalue weighted by Crippen LogP contribution is 2.26. The number of benzene rings is 3. The van der Waals surface area contributed by atoms with Crippen LogP contribution in [0.5, 0.6) is 5.75 Å². The summed E-state index contributed by atoms with van der Waals surface area (Å²) in [6.45, 7) is -0.186. The number of hydrogen-bond donors (Lipinski definition) is 1. The van der Waals surface area contributed by atoms with Gasteiger partial charge in [-0.2, -0.15) is 13.1 Å². The molecule has 8 nitrogen and oxygen atoms in total. The average molecular weight is 532 g/mol. The van der Waals surface area contributed by atoms with Gasteiger partial charge >= 0.3 is 12.1 Å². The molecule has 0 bridgehead atoms. The molecule has 0 saturated carbocycles. The van der Waals surface area contributed by atoms with Crippen molar-refractivity contribution >= 4 is 27.5 Å². The second-order valence-electron chi connectivity index (χ2n) is 7.64. The smallest absolute Gasteiger partial charge is 0.474 e. The van der Waals surface area contributed by atoms with E-state index in [9.17, 15) is 22.0 Å². The van der Waals surface area contributed by atoms with Gasteiger partial charge in [0, 0.05) is 24.0 Å². The summed E-state index contributed by atoms with van der Waals surface area (Å²) in [4.78, 5) is 10.8. The van der Waals surface area contributed by atoms with Gasteiger partial charge in [0.1, 0.15) is 11.4 Å². The highest BCUT2D eigenvalue weighted by molar-refractivity contribution is 7.89. The third kappa shape index (κ3) is 5.90. The Balaban J connectivity index is 1.63. The second kappa shape index (κ2) is 10.5. The zero-order valence-corrected chi connectivity index (χ0v) is 20.1. The van der Waals surface area contributed by atoms with E-state index in [2.05, 4.69) is 14.3 Å². The number of hydrogen-bond acceptors (Lipinski definition) is 7. The van der Waals surface area contributed by atoms with Gasteiger partial charge in [-0.15, -0.1) is 5.10 Å². The first-order valence-electron chi connectivity index (χ1n) is 10.5. The van der Waals surface area contributed by atoms with Gasteiger partial charge in [0.2, 0.25) is 10.0 Å². The van der Waals surface area contributed by atoms with Gasteiger partial charge in [-0.25, -0.2) is 13.2 Å². The highest BCUT2D eigenvalue weighted by atomic mass is 32.2. The lowest BCUT2D eigenvalue weighted by Gasteiger charge is -2.23. The maximum Gasteiger partial charge on any atom is 0.501 e. The van der Waals surface area contributed by atoms with Gasteiger partial charge in [0.15, 0.2) is 0 Å². The van der Waals surface area contributed by atoms with Crippen molar-refractivity contribution in [3.8, 4) is 17.0 Å². The van der Waals surface area contributed by atoms with E-state index < -0.39 is 27.9 Å². The van der Waals surface area contributed by atoms with Crippen LogP contribution in [0.2, 0.25) is 0 Å². The lowest BCUT2D eigenvalue weighted by molar-refractivity contribution is -0.210. The molecule has 186 valence electrons. The van der Waals surface area contributed by atoms with Gasteiger partial charge in [-0.05, 0) is 46.9 Å². The van der Waals surface area contributed by atoms with Gasteiger partial charge in [0.25, 0.3) is 0 Å². The van der Waals surface area contributed by atoms with Crippen molar-refractivity contribution in [1.29, 1.82) is 0 Å². The zero-order chi connectivity index (χ0) is 25.8. The molecular formula is C24H19F2N3O5S2. The minimum atomic E-state index is -4.43. The molecule has 1 heterocycles. The maximum absolute atomic E-state index is 13.5. The molecule has 0 aliphatic rings. The van der Waals surface area contributed by atoms with Crippen molar-refractivity contribution in [2.45, 2.75) is 24.1 Å². The number of carbonyl (C=O) groups is 1. The number of carboxylic acid groups (broad SMARTS) is 1. The molecule has 3 aromatic carbocycles. The van der Waals surface area contributed by atoms with E-state index in [0.29, 0.717) is 16.8 Å². The average Bonchev–Trinajstić information content (AvgIpc) is 3.40. The van der Waals surface area contributed by atoms with Gasteiger partial charge < -0.3 is 9.84 Å². The molecular weight excluding hydrogens is 512 g/mol. The van der Waals surface area contributed by atoms with Crippen molar-refractivity contribution in [2.75, 3.05) is 0 Å². The summed E-state index contributed by atoms with van der Waals surface area (Å²) >= 11 is 1.22. The zero-order valence-electron chi connectivity index (χ0n) is 18.5. The number of carboxylic acids is 1. The Kier molecular flexibility index (Phi) is 7.38. The number of sulfonamides is 1. The van der Waals surface area contributed by atoms with E-state index >= 15 is 0 Å². The number of alkyl halides is 2. The Hall–Kier alpha value is -3.74. The Morgan fingerprint density at radius 3 is 2.31 bits per heavy atom. The normalized spacial score (nSPS) is 12.0. The monoisotopic (exact) mass is 531 g/mol. The van der Waals surface area contributed by atoms with Crippen LogP contribution in [0.4, 0.5) is 8.78 Å². The van der Waals surface area contributed by atoms with Crippen LogP contribution in [0.3, 0.4) is 0 Å². The Bertz CT molecular complexity index is 1430. The predicted octanol–water partition coefficient (Wildman–Crippen LogP) is 4.65. The lowest BCUT2D eigenvalue weighted by Crippen LogP contribution is -2.34. The molecule has 0 amide bonds. The molecule has 0 fully saturated rings. The number of ether oxygens (including phenoxy) is 1. The molecule has 0 saturated heterocycles. The summed E-state index contributed by atoms with van der Waals surface area (Å²) in [7, 11) is -3.98. The summed E-state index contributed by atoms with van der Waals surface area (Å²) in [5.74, 6) is -2.84. The lowest BCUT2D eigenvalue weighted by atomic mass is 10.1. The largest absolute Gasteiger partial charge is 0.501 e. The summed E-state index contributed by atoms with van der Waals surface area (Å²) in [6, 6.07) is 20.3. The molecule has 1 aromatic heterocycles. The molecule has 0 atom stereocenters. The number of nitrogens with zero attached hydrogens (tertiary/aromatic N) is 3. The van der Waals surface area contributed by atoms with Gasteiger partial charge in [0.05, 0.1) is 4.90 Å². The topological polar surface area (TPSA) is 110 Å². The first-order valence-corrected chi connectivity index (χ1v) is 12.7. The Labute approximate surface area is 209 Å². The molecule has 0 radical (unpaired) electrons. The van der Waals surface area contributed by atoms with E-state index in [1.54, 1.807) is 35.7 Å². The maximum atomic E-state index is 13.5. The summed E-state index contributed by atoms with van der Waals surface area (Å²) in [5, 5.41) is 14.4. The number of aliphatic carboxylic acids is 1. The van der Waals surface area contributed by atoms with E-state index in [1.807, 2.05) is 12.1 Å². The van der Waals surface area contributed by atoms with Crippen molar-refractivity contribution < 1.29 is 31.8 Å². The van der Waals surface area contributed by atoms with E-state index in [4.69, 9.17) is 5.11 Å². The fourth-order valence-corrected chi connectivity index (χ4v) is 5.25. The van der Waals surface area contributed by atoms with Crippen LogP contribution in [0, 0.1) is 0 Å². The molecule has 0 aliphatic heterocycles. The molecule has 4 rings (SSSR count). The molecule has 0 spiro atoms. The highest BCUT2D eigenvalue weighted by Gasteiger charge is 2.42. The first kappa shape index (κ1) is 25.4. The Morgan fingerprint density at radius 2 is 1.67 bits per heavy atom. The number of halogens is 2. The minimum Gasteiger partial charge on any atom is -0.474 e. The molecule has 1 N–H and O–H groups in total. The van der Waals surface area contributed by atoms with Gasteiger partial charge in [-0.1, -0.05) is 59.1 Å². The van der Waals surface area contributed by atoms with Crippen LogP contribution in [-0.2, 0) is 27.9 Å². The second-order valence-corrected chi connectivity index (χ2v) is 10.2. The summed E-state index contributed by atoms with van der Waals surface area (Å²) < 4.78 is 63.4. The summed E-state index contributed by atoms with van der Waals surface area (Å²) in [5.41, 5.74) is 2.55. The van der Waals surface area contributed by atoms with Gasteiger partial charge in [-0.3, -0.25) is 0 Å². The van der Waals surface area contributed by atoms with Crippen molar-refractivity contribution in [3.63, 3.8) is 0 Å². The van der Waals surface area contributed by atoms with E-state index in [0.717, 1.165) is 5.56 Å². The van der Waals surface area contributed by atoms with Crippen LogP contribution in [0.25, 0.3) is 11.3 Å². The van der Waals surface area contributed by atoms with Crippen LogP contribution in [-0.4, -0.2) is 39.5 Å². The third-order valence-electron chi connectivity index (χ3n) is 5.10. The molecule has 4 aromatic rings. The predicted molar refractivity (Wildman–Crippen MR) is 128 cm³/mol. The van der Waals surface area contributed by atoms with Crippen LogP contribution < -0.4 is 4.74 Å². The number of rotatable bonds is 10. The fourth-order valence-electron chi connectivity index (χ4n) is 3.34. The molecule has 36 heavy (non-hydrogen) atoms. The molecule has 0 unspecified atom stereocenters. The summed E-state index contributed by atoms with van der Waals surface area (Å²) in [6.07, 6.45) is -4.43. The molecule has 12 heteroatoms. The SMILES string of the molecule is O=C(O)C(F)(F)Oc1cccc(CN(Cc2ccc(-c3csnn3)cc2)S(=O)(=O)c2ccccc2)c1. The van der Waals surface area contributed by atoms with Crippen LogP contribution in [0.15, 0.2) is 89.1 Å². The fraction of sp³-hybridized carbons (Fsp3) is 0.125. The molecule has 0 aliphatic carbocycles. The van der Waals surface area contributed by atoms with Crippen molar-refractivity contribution in [3.05, 3.63) is 95.4 Å². The minimum absolute atomic E-state index is 0.0107. The standard InChI is InChI=1S/C24H19F2N3O5S2/c25-24(26,23(30)31)34-20-6-4-5-18(13-20)15-29(36(32,33)21-7-2-1-3-8-21)14-17-9-11-19(12-10-17)22-16-35-28-27-22/h1-13,16H,14-15H2,(H,30,31). The van der Waals surface area contributed by atoms with Crippen LogP contribution >= 0.6 is 11.5 Å². The van der Waals surface area contributed by atoms with Crippen LogP contribution in [0.1, 0.15) is 11.1 Å². The Morgan fingerprint density at radius 1 is 0.972 bits per heavy atom. The number of aromatic nitrogens is 2. The van der Waals surface area contributed by atoms with Crippen molar-refractivity contribution in [1.82, 2.24) is 13.9 Å². The van der Waals surface area contributed by atoms with E-state index in [1.165, 1.54) is 52.2 Å². The van der Waals surface area contributed by atoms with E-state index in [-0.39, 0.29) is 18.0 Å².